The number of rotatable bonds is 5. The van der Waals surface area contributed by atoms with Crippen LogP contribution >= 0.6 is 12.4 Å². The van der Waals surface area contributed by atoms with E-state index in [1.165, 1.54) is 0 Å². The van der Waals surface area contributed by atoms with Gasteiger partial charge in [-0.1, -0.05) is 0 Å². The molecule has 160 valence electrons. The van der Waals surface area contributed by atoms with Gasteiger partial charge in [0.1, 0.15) is 11.5 Å². The third-order valence-electron chi connectivity index (χ3n) is 5.82. The molecule has 0 bridgehead atoms. The van der Waals surface area contributed by atoms with Crippen LogP contribution in [0.2, 0.25) is 0 Å². The highest BCUT2D eigenvalue weighted by Gasteiger charge is 2.26. The van der Waals surface area contributed by atoms with Crippen molar-refractivity contribution in [1.82, 2.24) is 39.2 Å². The van der Waals surface area contributed by atoms with Crippen LogP contribution in [0.1, 0.15) is 25.3 Å². The number of halogens is 1. The topological polar surface area (TPSA) is 102 Å². The van der Waals surface area contributed by atoms with Gasteiger partial charge in [0.05, 0.1) is 42.2 Å². The molecule has 1 aliphatic heterocycles. The predicted molar refractivity (Wildman–Crippen MR) is 119 cm³/mol. The molecule has 0 spiro atoms. The third kappa shape index (κ3) is 4.04. The molecule has 9 nitrogen and oxygen atoms in total. The monoisotopic (exact) mass is 437 g/mol. The predicted octanol–water partition coefficient (Wildman–Crippen LogP) is 2.87. The van der Waals surface area contributed by atoms with Gasteiger partial charge in [-0.2, -0.15) is 15.5 Å². The van der Waals surface area contributed by atoms with Gasteiger partial charge in [-0.25, -0.2) is 9.97 Å². The van der Waals surface area contributed by atoms with Crippen LogP contribution in [-0.4, -0.2) is 47.0 Å². The van der Waals surface area contributed by atoms with Crippen LogP contribution in [0.15, 0.2) is 43.2 Å². The van der Waals surface area contributed by atoms with Crippen molar-refractivity contribution in [2.45, 2.75) is 25.3 Å². The summed E-state index contributed by atoms with van der Waals surface area (Å²) >= 11 is 0. The third-order valence-corrected chi connectivity index (χ3v) is 5.82. The SMILES string of the molecule is Cl.Cn1cc(-c2cc3nccn3c(-c3cnn(C(CC#N)C4CCNCC4)c3)n2)cn1. The second-order valence-corrected chi connectivity index (χ2v) is 7.75. The molecule has 5 heterocycles. The van der Waals surface area contributed by atoms with E-state index in [9.17, 15) is 5.26 Å². The summed E-state index contributed by atoms with van der Waals surface area (Å²) in [6, 6.07) is 4.38. The summed E-state index contributed by atoms with van der Waals surface area (Å²) in [5.41, 5.74) is 3.48. The van der Waals surface area contributed by atoms with Crippen LogP contribution in [0.4, 0.5) is 0 Å². The van der Waals surface area contributed by atoms with Crippen molar-refractivity contribution in [2.24, 2.45) is 13.0 Å². The molecule has 4 aromatic rings. The van der Waals surface area contributed by atoms with Gasteiger partial charge >= 0.3 is 0 Å². The normalized spacial score (nSPS) is 15.5. The summed E-state index contributed by atoms with van der Waals surface area (Å²) in [5, 5.41) is 21.7. The Labute approximate surface area is 186 Å². The number of nitrogens with one attached hydrogen (secondary N) is 1. The Morgan fingerprint density at radius 2 is 2.00 bits per heavy atom. The van der Waals surface area contributed by atoms with Crippen LogP contribution < -0.4 is 5.32 Å². The van der Waals surface area contributed by atoms with E-state index in [2.05, 4.69) is 26.6 Å². The summed E-state index contributed by atoms with van der Waals surface area (Å²) in [5.74, 6) is 1.22. The maximum Gasteiger partial charge on any atom is 0.149 e. The Kier molecular flexibility index (Phi) is 6.02. The number of nitrogens with zero attached hydrogens (tertiary/aromatic N) is 8. The van der Waals surface area contributed by atoms with Crippen LogP contribution in [0.5, 0.6) is 0 Å². The molecule has 10 heteroatoms. The number of imidazole rings is 1. The van der Waals surface area contributed by atoms with Gasteiger partial charge in [0, 0.05) is 43.5 Å². The Balaban J connectivity index is 0.00000231. The van der Waals surface area contributed by atoms with Crippen molar-refractivity contribution in [3.63, 3.8) is 0 Å². The number of nitriles is 1. The summed E-state index contributed by atoms with van der Waals surface area (Å²) in [6.45, 7) is 1.98. The van der Waals surface area contributed by atoms with Gasteiger partial charge in [-0.15, -0.1) is 12.4 Å². The fraction of sp³-hybridized carbons (Fsp3) is 0.381. The molecule has 0 radical (unpaired) electrons. The zero-order chi connectivity index (χ0) is 20.5. The molecule has 1 aliphatic rings. The first-order valence-corrected chi connectivity index (χ1v) is 10.2. The lowest BCUT2D eigenvalue weighted by atomic mass is 9.89. The lowest BCUT2D eigenvalue weighted by Crippen LogP contribution is -2.32. The number of hydrogen-bond donors (Lipinski definition) is 1. The van der Waals surface area contributed by atoms with Crippen LogP contribution in [-0.2, 0) is 7.05 Å². The number of aryl methyl sites for hydroxylation is 1. The highest BCUT2D eigenvalue weighted by molar-refractivity contribution is 5.85. The lowest BCUT2D eigenvalue weighted by molar-refractivity contribution is 0.247. The van der Waals surface area contributed by atoms with E-state index in [1.54, 1.807) is 17.1 Å². The number of aromatic nitrogens is 7. The summed E-state index contributed by atoms with van der Waals surface area (Å²) in [7, 11) is 1.89. The number of piperidine rings is 1. The van der Waals surface area contributed by atoms with E-state index in [1.807, 2.05) is 47.0 Å². The first-order valence-electron chi connectivity index (χ1n) is 10.2. The number of fused-ring (bicyclic) bond motifs is 1. The van der Waals surface area contributed by atoms with Crippen LogP contribution in [0.3, 0.4) is 0 Å². The Morgan fingerprint density at radius 1 is 1.19 bits per heavy atom. The van der Waals surface area contributed by atoms with Crippen molar-refractivity contribution < 1.29 is 0 Å². The molecule has 1 atom stereocenters. The quantitative estimate of drug-likeness (QED) is 0.515. The largest absolute Gasteiger partial charge is 0.317 e. The molecule has 1 unspecified atom stereocenters. The van der Waals surface area contributed by atoms with Crippen molar-refractivity contribution in [1.29, 1.82) is 5.26 Å². The van der Waals surface area contributed by atoms with E-state index in [-0.39, 0.29) is 18.4 Å². The average Bonchev–Trinajstić information content (AvgIpc) is 3.52. The van der Waals surface area contributed by atoms with Crippen molar-refractivity contribution in [3.05, 3.63) is 43.2 Å². The molecular formula is C21H24ClN9. The first-order chi connectivity index (χ1) is 14.7. The second-order valence-electron chi connectivity index (χ2n) is 7.75. The molecule has 0 aromatic carbocycles. The van der Waals surface area contributed by atoms with E-state index >= 15 is 0 Å². The molecule has 4 aromatic heterocycles. The molecule has 1 N–H and O–H groups in total. The van der Waals surface area contributed by atoms with Crippen molar-refractivity contribution >= 4 is 18.1 Å². The summed E-state index contributed by atoms with van der Waals surface area (Å²) in [6.07, 6.45) is 13.8. The Morgan fingerprint density at radius 3 is 2.74 bits per heavy atom. The molecule has 31 heavy (non-hydrogen) atoms. The van der Waals surface area contributed by atoms with E-state index in [0.717, 1.165) is 54.2 Å². The van der Waals surface area contributed by atoms with E-state index in [0.29, 0.717) is 12.3 Å². The maximum atomic E-state index is 9.39. The smallest absolute Gasteiger partial charge is 0.149 e. The molecule has 0 aliphatic carbocycles. The first kappa shape index (κ1) is 21.0. The summed E-state index contributed by atoms with van der Waals surface area (Å²) < 4.78 is 5.68. The van der Waals surface area contributed by atoms with Gasteiger partial charge in [0.25, 0.3) is 0 Å². The van der Waals surface area contributed by atoms with Gasteiger partial charge in [0.2, 0.25) is 0 Å². The fourth-order valence-corrected chi connectivity index (χ4v) is 4.26. The fourth-order valence-electron chi connectivity index (χ4n) is 4.26. The minimum absolute atomic E-state index is 0. The van der Waals surface area contributed by atoms with E-state index < -0.39 is 0 Å². The highest BCUT2D eigenvalue weighted by atomic mass is 35.5. The zero-order valence-electron chi connectivity index (χ0n) is 17.2. The maximum absolute atomic E-state index is 9.39. The molecule has 5 rings (SSSR count). The standard InChI is InChI=1S/C21H23N9.ClH/c1-28-13-16(11-25-28)18-10-20-24-8-9-29(20)21(27-18)17-12-26-30(14-17)19(2-5-22)15-3-6-23-7-4-15;/h8-15,19,23H,2-4,6-7H2,1H3;1H. The van der Waals surface area contributed by atoms with Gasteiger partial charge in [0.15, 0.2) is 0 Å². The van der Waals surface area contributed by atoms with Crippen molar-refractivity contribution in [2.75, 3.05) is 13.1 Å². The van der Waals surface area contributed by atoms with Crippen LogP contribution in [0.25, 0.3) is 28.3 Å². The highest BCUT2D eigenvalue weighted by Crippen LogP contribution is 2.31. The lowest BCUT2D eigenvalue weighted by Gasteiger charge is -2.29. The van der Waals surface area contributed by atoms with Crippen LogP contribution in [0, 0.1) is 17.2 Å². The Bertz CT molecular complexity index is 1210. The molecule has 1 saturated heterocycles. The molecule has 0 saturated carbocycles. The van der Waals surface area contributed by atoms with Gasteiger partial charge < -0.3 is 5.32 Å². The number of hydrogen-bond acceptors (Lipinski definition) is 6. The molecule has 0 amide bonds. The molecule has 1 fully saturated rings. The van der Waals surface area contributed by atoms with Gasteiger partial charge in [-0.3, -0.25) is 13.8 Å². The molecular weight excluding hydrogens is 414 g/mol. The zero-order valence-corrected chi connectivity index (χ0v) is 18.0. The minimum Gasteiger partial charge on any atom is -0.317 e. The van der Waals surface area contributed by atoms with E-state index in [4.69, 9.17) is 4.98 Å². The van der Waals surface area contributed by atoms with Crippen molar-refractivity contribution in [3.8, 4) is 28.7 Å². The minimum atomic E-state index is 0. The van der Waals surface area contributed by atoms with Gasteiger partial charge in [-0.05, 0) is 31.8 Å². The summed E-state index contributed by atoms with van der Waals surface area (Å²) in [4.78, 5) is 9.36. The average molecular weight is 438 g/mol. The Hall–Kier alpha value is -3.22. The second kappa shape index (κ2) is 8.88.